The molecule has 3 heterocycles. The van der Waals surface area contributed by atoms with E-state index in [4.69, 9.17) is 9.15 Å². The van der Waals surface area contributed by atoms with E-state index in [9.17, 15) is 14.0 Å². The predicted octanol–water partition coefficient (Wildman–Crippen LogP) is 3.97. The molecule has 2 aromatic heterocycles. The Morgan fingerprint density at radius 2 is 2.12 bits per heavy atom. The van der Waals surface area contributed by atoms with Gasteiger partial charge in [-0.2, -0.15) is 0 Å². The summed E-state index contributed by atoms with van der Waals surface area (Å²) >= 11 is 0.807. The van der Waals surface area contributed by atoms with Gasteiger partial charge in [-0.15, -0.1) is 0 Å². The number of carbonyl (C=O) groups excluding carboxylic acids is 2. The second-order valence-corrected chi connectivity index (χ2v) is 6.47. The maximum atomic E-state index is 14.0. The number of thioether (sulfide) groups is 1. The summed E-state index contributed by atoms with van der Waals surface area (Å²) in [5, 5.41) is 2.46. The van der Waals surface area contributed by atoms with Crippen molar-refractivity contribution in [2.45, 2.75) is 0 Å². The minimum Gasteiger partial charge on any atom is -0.494 e. The molecule has 0 atom stereocenters. The Morgan fingerprint density at radius 3 is 2.81 bits per heavy atom. The van der Waals surface area contributed by atoms with Crippen LogP contribution in [0.15, 0.2) is 46.0 Å². The first-order valence-electron chi connectivity index (χ1n) is 7.51. The average molecular weight is 370 g/mol. The molecule has 3 aromatic rings. The first-order valence-corrected chi connectivity index (χ1v) is 8.33. The molecule has 2 amide bonds. The number of methoxy groups -OCH3 is 1. The van der Waals surface area contributed by atoms with Crippen LogP contribution in [0.25, 0.3) is 28.2 Å². The van der Waals surface area contributed by atoms with Crippen LogP contribution in [0.2, 0.25) is 0 Å². The first kappa shape index (κ1) is 16.3. The van der Waals surface area contributed by atoms with Crippen LogP contribution >= 0.6 is 11.8 Å². The van der Waals surface area contributed by atoms with E-state index >= 15 is 0 Å². The zero-order chi connectivity index (χ0) is 18.3. The van der Waals surface area contributed by atoms with Crippen LogP contribution in [0.4, 0.5) is 9.18 Å². The second-order valence-electron chi connectivity index (χ2n) is 5.46. The Morgan fingerprint density at radius 1 is 1.27 bits per heavy atom. The van der Waals surface area contributed by atoms with Crippen molar-refractivity contribution in [3.8, 4) is 16.9 Å². The maximum Gasteiger partial charge on any atom is 0.290 e. The highest BCUT2D eigenvalue weighted by Gasteiger charge is 2.25. The molecular weight excluding hydrogens is 359 g/mol. The number of imide groups is 1. The molecule has 1 aliphatic rings. The molecule has 1 N–H and O–H groups in total. The summed E-state index contributed by atoms with van der Waals surface area (Å²) < 4.78 is 24.8. The molecule has 0 bridgehead atoms. The normalized spacial score (nSPS) is 15.7. The highest BCUT2D eigenvalue weighted by molar-refractivity contribution is 8.18. The van der Waals surface area contributed by atoms with Crippen molar-refractivity contribution in [3.63, 3.8) is 0 Å². The van der Waals surface area contributed by atoms with E-state index in [0.717, 1.165) is 11.8 Å². The van der Waals surface area contributed by atoms with Crippen molar-refractivity contribution < 1.29 is 23.1 Å². The van der Waals surface area contributed by atoms with E-state index < -0.39 is 17.0 Å². The topological polar surface area (TPSA) is 81.4 Å². The van der Waals surface area contributed by atoms with Gasteiger partial charge in [0.1, 0.15) is 11.3 Å². The second kappa shape index (κ2) is 6.30. The molecule has 0 spiro atoms. The zero-order valence-electron chi connectivity index (χ0n) is 13.4. The lowest BCUT2D eigenvalue weighted by Gasteiger charge is -2.05. The summed E-state index contributed by atoms with van der Waals surface area (Å²) in [7, 11) is 1.40. The number of aromatic nitrogens is 1. The lowest BCUT2D eigenvalue weighted by atomic mass is 10.1. The quantitative estimate of drug-likeness (QED) is 0.703. The third kappa shape index (κ3) is 2.84. The molecule has 0 unspecified atom stereocenters. The van der Waals surface area contributed by atoms with Crippen LogP contribution in [-0.2, 0) is 4.79 Å². The Labute approximate surface area is 151 Å². The van der Waals surface area contributed by atoms with Crippen LogP contribution < -0.4 is 10.1 Å². The Kier molecular flexibility index (Phi) is 3.96. The number of hydrogen-bond acceptors (Lipinski definition) is 6. The fourth-order valence-electron chi connectivity index (χ4n) is 2.64. The number of pyridine rings is 1. The minimum absolute atomic E-state index is 0.146. The van der Waals surface area contributed by atoms with Crippen molar-refractivity contribution >= 4 is 40.0 Å². The van der Waals surface area contributed by atoms with E-state index in [1.54, 1.807) is 24.5 Å². The highest BCUT2D eigenvalue weighted by Crippen LogP contribution is 2.34. The van der Waals surface area contributed by atoms with Crippen molar-refractivity contribution in [1.82, 2.24) is 10.3 Å². The standard InChI is InChI=1S/C18H11FN2O4S/c1-24-14-3-2-9(5-13(14)19)12-8-20-7-10-4-11(25-16(10)12)6-15-17(22)21-18(23)26-15/h2-8H,1H3,(H,21,22,23)/b15-6-. The summed E-state index contributed by atoms with van der Waals surface area (Å²) in [6.45, 7) is 0. The molecule has 8 heteroatoms. The number of hydrogen-bond donors (Lipinski definition) is 1. The van der Waals surface area contributed by atoms with Gasteiger partial charge in [0.25, 0.3) is 11.1 Å². The Hall–Kier alpha value is -3.13. The van der Waals surface area contributed by atoms with Gasteiger partial charge in [-0.25, -0.2) is 4.39 Å². The number of ether oxygens (including phenoxy) is 1. The van der Waals surface area contributed by atoms with Gasteiger partial charge in [0.2, 0.25) is 0 Å². The van der Waals surface area contributed by atoms with Crippen molar-refractivity contribution in [2.24, 2.45) is 0 Å². The molecule has 1 fully saturated rings. The van der Waals surface area contributed by atoms with E-state index in [2.05, 4.69) is 10.3 Å². The third-order valence-electron chi connectivity index (χ3n) is 3.82. The fourth-order valence-corrected chi connectivity index (χ4v) is 3.31. The summed E-state index contributed by atoms with van der Waals surface area (Å²) in [5.74, 6) is -0.409. The largest absolute Gasteiger partial charge is 0.494 e. The van der Waals surface area contributed by atoms with Crippen molar-refractivity contribution in [3.05, 3.63) is 53.1 Å². The third-order valence-corrected chi connectivity index (χ3v) is 4.63. The van der Waals surface area contributed by atoms with Gasteiger partial charge in [-0.1, -0.05) is 6.07 Å². The molecule has 26 heavy (non-hydrogen) atoms. The van der Waals surface area contributed by atoms with Gasteiger partial charge in [-0.05, 0) is 35.5 Å². The number of benzene rings is 1. The SMILES string of the molecule is COc1ccc(-c2cncc3cc(/C=C4\SC(=O)NC4=O)oc23)cc1F. The number of fused-ring (bicyclic) bond motifs is 1. The van der Waals surface area contributed by atoms with Gasteiger partial charge < -0.3 is 9.15 Å². The average Bonchev–Trinajstić information content (AvgIpc) is 3.16. The lowest BCUT2D eigenvalue weighted by Crippen LogP contribution is -2.17. The molecule has 130 valence electrons. The van der Waals surface area contributed by atoms with Crippen molar-refractivity contribution in [2.75, 3.05) is 7.11 Å². The number of carbonyl (C=O) groups is 2. The maximum absolute atomic E-state index is 14.0. The number of furan rings is 1. The molecule has 0 saturated carbocycles. The van der Waals surface area contributed by atoms with E-state index in [0.29, 0.717) is 27.9 Å². The van der Waals surface area contributed by atoms with Gasteiger partial charge in [0, 0.05) is 29.4 Å². The van der Waals surface area contributed by atoms with Gasteiger partial charge in [0.15, 0.2) is 11.6 Å². The van der Waals surface area contributed by atoms with Gasteiger partial charge >= 0.3 is 0 Å². The molecule has 6 nitrogen and oxygen atoms in total. The van der Waals surface area contributed by atoms with Gasteiger partial charge in [-0.3, -0.25) is 19.9 Å². The molecular formula is C18H11FN2O4S. The monoisotopic (exact) mass is 370 g/mol. The van der Waals surface area contributed by atoms with E-state index in [1.165, 1.54) is 25.3 Å². The molecule has 1 aromatic carbocycles. The smallest absolute Gasteiger partial charge is 0.290 e. The molecule has 0 aliphatic carbocycles. The van der Waals surface area contributed by atoms with Crippen LogP contribution in [0.1, 0.15) is 5.76 Å². The molecule has 0 radical (unpaired) electrons. The number of rotatable bonds is 3. The Balaban J connectivity index is 1.79. The highest BCUT2D eigenvalue weighted by atomic mass is 32.2. The molecule has 4 rings (SSSR count). The van der Waals surface area contributed by atoms with Crippen LogP contribution in [-0.4, -0.2) is 23.2 Å². The summed E-state index contributed by atoms with van der Waals surface area (Å²) in [4.78, 5) is 27.3. The molecule has 1 saturated heterocycles. The van der Waals surface area contributed by atoms with E-state index in [-0.39, 0.29) is 10.7 Å². The Bertz CT molecular complexity index is 1090. The van der Waals surface area contributed by atoms with Crippen molar-refractivity contribution in [1.29, 1.82) is 0 Å². The number of amides is 2. The predicted molar refractivity (Wildman–Crippen MR) is 95.1 cm³/mol. The number of halogens is 1. The van der Waals surface area contributed by atoms with Crippen LogP contribution in [0.5, 0.6) is 5.75 Å². The van der Waals surface area contributed by atoms with Gasteiger partial charge in [0.05, 0.1) is 12.0 Å². The summed E-state index contributed by atoms with van der Waals surface area (Å²) in [5.41, 5.74) is 1.69. The zero-order valence-corrected chi connectivity index (χ0v) is 14.2. The van der Waals surface area contributed by atoms with Crippen LogP contribution in [0, 0.1) is 5.82 Å². The summed E-state index contributed by atoms with van der Waals surface area (Å²) in [6.07, 6.45) is 4.67. The first-order chi connectivity index (χ1) is 12.5. The minimum atomic E-state index is -0.492. The van der Waals surface area contributed by atoms with E-state index in [1.807, 2.05) is 0 Å². The number of nitrogens with zero attached hydrogens (tertiary/aromatic N) is 1. The lowest BCUT2D eigenvalue weighted by molar-refractivity contribution is -0.115. The molecule has 1 aliphatic heterocycles. The summed E-state index contributed by atoms with van der Waals surface area (Å²) in [6, 6.07) is 6.28. The fraction of sp³-hybridized carbons (Fsp3) is 0.0556. The van der Waals surface area contributed by atoms with Crippen LogP contribution in [0.3, 0.4) is 0 Å². The number of nitrogens with one attached hydrogen (secondary N) is 1.